The number of alkyl halides is 3. The Bertz CT molecular complexity index is 447. The molecule has 0 bridgehead atoms. The van der Waals surface area contributed by atoms with E-state index in [4.69, 9.17) is 5.73 Å². The van der Waals surface area contributed by atoms with E-state index in [0.29, 0.717) is 17.9 Å². The van der Waals surface area contributed by atoms with E-state index in [0.717, 1.165) is 12.1 Å². The van der Waals surface area contributed by atoms with Crippen molar-refractivity contribution in [2.75, 3.05) is 0 Å². The van der Waals surface area contributed by atoms with Crippen molar-refractivity contribution < 1.29 is 18.0 Å². The topological polar surface area (TPSA) is 55.1 Å². The summed E-state index contributed by atoms with van der Waals surface area (Å²) in [5.74, 6) is 0.0143. The number of carbonyl (C=O) groups is 1. The van der Waals surface area contributed by atoms with Gasteiger partial charge in [-0.25, -0.2) is 0 Å². The van der Waals surface area contributed by atoms with Crippen molar-refractivity contribution in [2.45, 2.75) is 39.0 Å². The number of hydrogen-bond acceptors (Lipinski definition) is 2. The molecule has 0 heterocycles. The summed E-state index contributed by atoms with van der Waals surface area (Å²) in [5, 5.41) is 2.62. The minimum absolute atomic E-state index is 0. The van der Waals surface area contributed by atoms with Crippen molar-refractivity contribution in [3.05, 3.63) is 35.4 Å². The van der Waals surface area contributed by atoms with E-state index < -0.39 is 17.8 Å². The summed E-state index contributed by atoms with van der Waals surface area (Å²) in [7, 11) is 0. The summed E-state index contributed by atoms with van der Waals surface area (Å²) in [6, 6.07) is 4.09. The Kier molecular flexibility index (Phi) is 7.74. The number of nitrogens with one attached hydrogen (secondary N) is 1. The molecule has 1 aromatic rings. The van der Waals surface area contributed by atoms with Gasteiger partial charge in [-0.2, -0.15) is 13.2 Å². The number of amides is 1. The van der Waals surface area contributed by atoms with Crippen molar-refractivity contribution in [1.29, 1.82) is 0 Å². The third-order valence-corrected chi connectivity index (χ3v) is 2.81. The van der Waals surface area contributed by atoms with Crippen LogP contribution in [0.25, 0.3) is 0 Å². The highest BCUT2D eigenvalue weighted by atomic mass is 35.5. The van der Waals surface area contributed by atoms with Gasteiger partial charge in [-0.3, -0.25) is 4.79 Å². The van der Waals surface area contributed by atoms with Crippen molar-refractivity contribution in [2.24, 2.45) is 11.7 Å². The third-order valence-electron chi connectivity index (χ3n) is 2.81. The highest BCUT2D eigenvalue weighted by Gasteiger charge is 2.29. The summed E-state index contributed by atoms with van der Waals surface area (Å²) in [4.78, 5) is 11.7. The molecule has 7 heteroatoms. The molecule has 0 fully saturated rings. The van der Waals surface area contributed by atoms with Gasteiger partial charge < -0.3 is 11.1 Å². The molecule has 1 aromatic carbocycles. The number of nitrogens with two attached hydrogens (primary N) is 1. The standard InChI is InChI=1S/C14H19F3N2O.ClH/c1-9(2)7-12(18)13(20)19-8-10-3-5-11(6-4-10)14(15,16)17;/h3-6,9,12H,7-8,18H2,1-2H3,(H,19,20);1H/t12-;/m0./s1. The van der Waals surface area contributed by atoms with Gasteiger partial charge in [0.05, 0.1) is 11.6 Å². The zero-order valence-electron chi connectivity index (χ0n) is 11.9. The quantitative estimate of drug-likeness (QED) is 0.874. The van der Waals surface area contributed by atoms with Crippen LogP contribution < -0.4 is 11.1 Å². The molecule has 120 valence electrons. The second-order valence-corrected chi connectivity index (χ2v) is 5.15. The van der Waals surface area contributed by atoms with Crippen molar-refractivity contribution in [3.8, 4) is 0 Å². The van der Waals surface area contributed by atoms with E-state index in [1.54, 1.807) is 0 Å². The lowest BCUT2D eigenvalue weighted by molar-refractivity contribution is -0.137. The highest BCUT2D eigenvalue weighted by molar-refractivity contribution is 5.85. The summed E-state index contributed by atoms with van der Waals surface area (Å²) in [5.41, 5.74) is 5.60. The molecule has 1 atom stereocenters. The molecule has 0 saturated carbocycles. The van der Waals surface area contributed by atoms with Gasteiger partial charge in [0.1, 0.15) is 0 Å². The molecule has 1 amide bonds. The molecule has 3 N–H and O–H groups in total. The first-order chi connectivity index (χ1) is 9.20. The van der Waals surface area contributed by atoms with Crippen LogP contribution in [0.15, 0.2) is 24.3 Å². The van der Waals surface area contributed by atoms with E-state index >= 15 is 0 Å². The first-order valence-corrected chi connectivity index (χ1v) is 6.39. The van der Waals surface area contributed by atoms with Crippen LogP contribution in [-0.2, 0) is 17.5 Å². The van der Waals surface area contributed by atoms with Crippen LogP contribution >= 0.6 is 12.4 Å². The Morgan fingerprint density at radius 1 is 1.24 bits per heavy atom. The molecule has 0 aliphatic heterocycles. The maximum atomic E-state index is 12.4. The molecule has 3 nitrogen and oxygen atoms in total. The van der Waals surface area contributed by atoms with Crippen LogP contribution in [0.1, 0.15) is 31.4 Å². The maximum absolute atomic E-state index is 12.4. The van der Waals surface area contributed by atoms with Gasteiger partial charge >= 0.3 is 6.18 Å². The molecule has 21 heavy (non-hydrogen) atoms. The smallest absolute Gasteiger partial charge is 0.351 e. The number of halogens is 4. The predicted octanol–water partition coefficient (Wildman–Crippen LogP) is 3.12. The number of rotatable bonds is 5. The molecule has 0 aliphatic carbocycles. The Morgan fingerprint density at radius 3 is 2.19 bits per heavy atom. The van der Waals surface area contributed by atoms with Crippen LogP contribution in [0.2, 0.25) is 0 Å². The first-order valence-electron chi connectivity index (χ1n) is 6.39. The zero-order chi connectivity index (χ0) is 15.3. The van der Waals surface area contributed by atoms with Gasteiger partial charge in [0.15, 0.2) is 0 Å². The fourth-order valence-electron chi connectivity index (χ4n) is 1.75. The van der Waals surface area contributed by atoms with Crippen LogP contribution in [0.4, 0.5) is 13.2 Å². The van der Waals surface area contributed by atoms with Gasteiger partial charge in [0.25, 0.3) is 0 Å². The van der Waals surface area contributed by atoms with E-state index in [2.05, 4.69) is 5.32 Å². The van der Waals surface area contributed by atoms with Gasteiger partial charge in [0, 0.05) is 6.54 Å². The highest BCUT2D eigenvalue weighted by Crippen LogP contribution is 2.29. The molecule has 0 unspecified atom stereocenters. The molecule has 0 spiro atoms. The van der Waals surface area contributed by atoms with Crippen LogP contribution in [0, 0.1) is 5.92 Å². The maximum Gasteiger partial charge on any atom is 0.416 e. The summed E-state index contributed by atoms with van der Waals surface area (Å²) < 4.78 is 37.1. The molecular formula is C14H20ClF3N2O. The second-order valence-electron chi connectivity index (χ2n) is 5.15. The summed E-state index contributed by atoms with van der Waals surface area (Å²) in [6.07, 6.45) is -3.78. The SMILES string of the molecule is CC(C)C[C@H](N)C(=O)NCc1ccc(C(F)(F)F)cc1.Cl. The van der Waals surface area contributed by atoms with E-state index in [1.807, 2.05) is 13.8 Å². The lowest BCUT2D eigenvalue weighted by Crippen LogP contribution is -2.41. The molecular weight excluding hydrogens is 305 g/mol. The predicted molar refractivity (Wildman–Crippen MR) is 78.0 cm³/mol. The van der Waals surface area contributed by atoms with Crippen LogP contribution in [-0.4, -0.2) is 11.9 Å². The average molecular weight is 325 g/mol. The van der Waals surface area contributed by atoms with Crippen molar-refractivity contribution in [3.63, 3.8) is 0 Å². The van der Waals surface area contributed by atoms with Gasteiger partial charge in [0.2, 0.25) is 5.91 Å². The lowest BCUT2D eigenvalue weighted by Gasteiger charge is -2.14. The zero-order valence-corrected chi connectivity index (χ0v) is 12.7. The monoisotopic (exact) mass is 324 g/mol. The van der Waals surface area contributed by atoms with Crippen LogP contribution in [0.5, 0.6) is 0 Å². The minimum Gasteiger partial charge on any atom is -0.351 e. The minimum atomic E-state index is -4.35. The van der Waals surface area contributed by atoms with Crippen molar-refractivity contribution >= 4 is 18.3 Å². The van der Waals surface area contributed by atoms with E-state index in [9.17, 15) is 18.0 Å². The fourth-order valence-corrected chi connectivity index (χ4v) is 1.75. The van der Waals surface area contributed by atoms with Gasteiger partial charge in [-0.1, -0.05) is 26.0 Å². The molecule has 0 radical (unpaired) electrons. The Labute approximate surface area is 128 Å². The van der Waals surface area contributed by atoms with E-state index in [-0.39, 0.29) is 24.9 Å². The summed E-state index contributed by atoms with van der Waals surface area (Å²) >= 11 is 0. The molecule has 0 aliphatic rings. The Morgan fingerprint density at radius 2 is 1.76 bits per heavy atom. The first kappa shape index (κ1) is 19.7. The average Bonchev–Trinajstić information content (AvgIpc) is 2.34. The number of benzene rings is 1. The summed E-state index contributed by atoms with van der Waals surface area (Å²) in [6.45, 7) is 4.09. The van der Waals surface area contributed by atoms with Crippen LogP contribution in [0.3, 0.4) is 0 Å². The Hall–Kier alpha value is -1.27. The van der Waals surface area contributed by atoms with E-state index in [1.165, 1.54) is 12.1 Å². The third kappa shape index (κ3) is 6.82. The second kappa shape index (κ2) is 8.24. The molecule has 1 rings (SSSR count). The normalized spacial score (nSPS) is 12.7. The largest absolute Gasteiger partial charge is 0.416 e. The Balaban J connectivity index is 0.00000400. The van der Waals surface area contributed by atoms with Gasteiger partial charge in [-0.15, -0.1) is 12.4 Å². The number of carbonyl (C=O) groups excluding carboxylic acids is 1. The molecule has 0 saturated heterocycles. The van der Waals surface area contributed by atoms with Gasteiger partial charge in [-0.05, 0) is 30.0 Å². The fraction of sp³-hybridized carbons (Fsp3) is 0.500. The van der Waals surface area contributed by atoms with Crippen molar-refractivity contribution in [1.82, 2.24) is 5.32 Å². The molecule has 0 aromatic heterocycles. The number of hydrogen-bond donors (Lipinski definition) is 2. The lowest BCUT2D eigenvalue weighted by atomic mass is 10.0.